The number of aliphatic hydroxyl groups excluding tert-OH is 1. The Labute approximate surface area is 200 Å². The number of halogens is 1. The summed E-state index contributed by atoms with van der Waals surface area (Å²) in [5.74, 6) is 2.26. The molecule has 1 saturated heterocycles. The van der Waals surface area contributed by atoms with Crippen LogP contribution in [-0.4, -0.2) is 74.6 Å². The van der Waals surface area contributed by atoms with Crippen molar-refractivity contribution in [1.29, 1.82) is 0 Å². The molecule has 0 aromatic heterocycles. The minimum atomic E-state index is -0.588. The lowest BCUT2D eigenvalue weighted by Gasteiger charge is -2.22. The molecule has 1 aliphatic rings. The van der Waals surface area contributed by atoms with Crippen LogP contribution in [0.1, 0.15) is 24.0 Å². The van der Waals surface area contributed by atoms with E-state index >= 15 is 0 Å². The van der Waals surface area contributed by atoms with Gasteiger partial charge in [-0.05, 0) is 75.3 Å². The summed E-state index contributed by atoms with van der Waals surface area (Å²) < 4.78 is 18.2. The number of nitrogens with zero attached hydrogens (tertiary/aromatic N) is 2. The molecule has 0 bridgehead atoms. The Kier molecular flexibility index (Phi) is 9.66. The Balaban J connectivity index is 1.44. The van der Waals surface area contributed by atoms with Gasteiger partial charge in [0.1, 0.15) is 25.1 Å². The van der Waals surface area contributed by atoms with Crippen molar-refractivity contribution in [3.05, 3.63) is 52.0 Å². The molecule has 0 spiro atoms. The molecule has 0 radical (unpaired) electrons. The van der Waals surface area contributed by atoms with E-state index in [2.05, 4.69) is 31.8 Å². The highest BCUT2D eigenvalue weighted by molar-refractivity contribution is 9.10. The molecule has 2 aromatic carbocycles. The molecule has 1 atom stereocenters. The molecule has 32 heavy (non-hydrogen) atoms. The van der Waals surface area contributed by atoms with Crippen LogP contribution in [0.5, 0.6) is 17.2 Å². The fraction of sp³-hybridized carbons (Fsp3) is 0.520. The average molecular weight is 507 g/mol. The standard InChI is InChI=1S/C25H35BrN2O4/c1-19-6-8-22(15-23(19)26)32-18-21(29)17-27(2)16-20-7-9-24(25(14-20)30-3)31-13-12-28-10-4-5-11-28/h6-9,14-15,21,29H,4-5,10-13,16-18H2,1-3H3. The van der Waals surface area contributed by atoms with Gasteiger partial charge in [-0.15, -0.1) is 0 Å². The number of aryl methyl sites for hydroxylation is 1. The number of likely N-dealkylation sites (tertiary alicyclic amines) is 1. The molecule has 1 N–H and O–H groups in total. The molecule has 6 nitrogen and oxygen atoms in total. The third kappa shape index (κ3) is 7.66. The highest BCUT2D eigenvalue weighted by Gasteiger charge is 2.14. The first-order valence-corrected chi connectivity index (χ1v) is 12.0. The summed E-state index contributed by atoms with van der Waals surface area (Å²) in [5.41, 5.74) is 2.25. The summed E-state index contributed by atoms with van der Waals surface area (Å²) >= 11 is 3.50. The maximum absolute atomic E-state index is 10.4. The Hall–Kier alpha value is -1.80. The molecule has 7 heteroatoms. The van der Waals surface area contributed by atoms with Crippen molar-refractivity contribution in [1.82, 2.24) is 9.80 Å². The minimum Gasteiger partial charge on any atom is -0.493 e. The normalized spacial score (nSPS) is 15.2. The van der Waals surface area contributed by atoms with E-state index in [0.29, 0.717) is 19.7 Å². The summed E-state index contributed by atoms with van der Waals surface area (Å²) in [6.45, 7) is 7.43. The molecule has 1 fully saturated rings. The largest absolute Gasteiger partial charge is 0.493 e. The van der Waals surface area contributed by atoms with E-state index in [1.807, 2.05) is 44.3 Å². The predicted molar refractivity (Wildman–Crippen MR) is 131 cm³/mol. The van der Waals surface area contributed by atoms with Gasteiger partial charge in [-0.3, -0.25) is 9.80 Å². The third-order valence-electron chi connectivity index (χ3n) is 5.65. The number of methoxy groups -OCH3 is 1. The van der Waals surface area contributed by atoms with Crippen LogP contribution in [0, 0.1) is 6.92 Å². The molecule has 1 unspecified atom stereocenters. The highest BCUT2D eigenvalue weighted by atomic mass is 79.9. The SMILES string of the molecule is COc1cc(CN(C)CC(O)COc2ccc(C)c(Br)c2)ccc1OCCN1CCCC1. The third-order valence-corrected chi connectivity index (χ3v) is 6.51. The molecule has 0 aliphatic carbocycles. The number of likely N-dealkylation sites (N-methyl/N-ethyl adjacent to an activating group) is 1. The summed E-state index contributed by atoms with van der Waals surface area (Å²) in [7, 11) is 3.65. The van der Waals surface area contributed by atoms with E-state index in [9.17, 15) is 5.11 Å². The van der Waals surface area contributed by atoms with Crippen molar-refractivity contribution < 1.29 is 19.3 Å². The number of hydrogen-bond donors (Lipinski definition) is 1. The van der Waals surface area contributed by atoms with Crippen molar-refractivity contribution in [2.45, 2.75) is 32.4 Å². The number of ether oxygens (including phenoxy) is 3. The fourth-order valence-corrected chi connectivity index (χ4v) is 4.22. The second-order valence-electron chi connectivity index (χ2n) is 8.45. The van der Waals surface area contributed by atoms with E-state index in [-0.39, 0.29) is 6.61 Å². The molecule has 176 valence electrons. The van der Waals surface area contributed by atoms with Crippen LogP contribution in [0.25, 0.3) is 0 Å². The summed E-state index contributed by atoms with van der Waals surface area (Å²) in [5, 5.41) is 10.4. The lowest BCUT2D eigenvalue weighted by molar-refractivity contribution is 0.0743. The second-order valence-corrected chi connectivity index (χ2v) is 9.31. The van der Waals surface area contributed by atoms with E-state index in [1.165, 1.54) is 25.9 Å². The predicted octanol–water partition coefficient (Wildman–Crippen LogP) is 4.11. The monoisotopic (exact) mass is 506 g/mol. The van der Waals surface area contributed by atoms with Crippen LogP contribution in [0.15, 0.2) is 40.9 Å². The van der Waals surface area contributed by atoms with Gasteiger partial charge in [-0.1, -0.05) is 28.1 Å². The van der Waals surface area contributed by atoms with Crippen LogP contribution >= 0.6 is 15.9 Å². The number of aliphatic hydroxyl groups is 1. The summed E-state index contributed by atoms with van der Waals surface area (Å²) in [6.07, 6.45) is 1.99. The molecule has 1 aliphatic heterocycles. The van der Waals surface area contributed by atoms with Gasteiger partial charge in [-0.2, -0.15) is 0 Å². The first-order chi connectivity index (χ1) is 15.4. The number of benzene rings is 2. The first kappa shape index (κ1) is 24.8. The van der Waals surface area contributed by atoms with Crippen molar-refractivity contribution in [3.8, 4) is 17.2 Å². The molecule has 2 aromatic rings. The zero-order chi connectivity index (χ0) is 22.9. The Morgan fingerprint density at radius 1 is 1.09 bits per heavy atom. The van der Waals surface area contributed by atoms with Crippen molar-refractivity contribution in [2.75, 3.05) is 53.6 Å². The maximum Gasteiger partial charge on any atom is 0.161 e. The van der Waals surface area contributed by atoms with Gasteiger partial charge in [0.25, 0.3) is 0 Å². The zero-order valence-electron chi connectivity index (χ0n) is 19.3. The van der Waals surface area contributed by atoms with Gasteiger partial charge in [0.05, 0.1) is 7.11 Å². The average Bonchev–Trinajstić information content (AvgIpc) is 3.29. The van der Waals surface area contributed by atoms with Crippen molar-refractivity contribution in [3.63, 3.8) is 0 Å². The quantitative estimate of drug-likeness (QED) is 0.467. The van der Waals surface area contributed by atoms with E-state index < -0.39 is 6.10 Å². The van der Waals surface area contributed by atoms with Crippen LogP contribution in [0.2, 0.25) is 0 Å². The summed E-state index contributed by atoms with van der Waals surface area (Å²) in [4.78, 5) is 4.50. The number of hydrogen-bond acceptors (Lipinski definition) is 6. The van der Waals surface area contributed by atoms with E-state index in [4.69, 9.17) is 14.2 Å². The Morgan fingerprint density at radius 3 is 2.59 bits per heavy atom. The first-order valence-electron chi connectivity index (χ1n) is 11.2. The van der Waals surface area contributed by atoms with Gasteiger partial charge in [0, 0.05) is 24.1 Å². The van der Waals surface area contributed by atoms with Gasteiger partial charge in [-0.25, -0.2) is 0 Å². The smallest absolute Gasteiger partial charge is 0.161 e. The molecule has 0 amide bonds. The Morgan fingerprint density at radius 2 is 1.88 bits per heavy atom. The second kappa shape index (κ2) is 12.4. The molecular weight excluding hydrogens is 472 g/mol. The fourth-order valence-electron chi connectivity index (χ4n) is 3.87. The maximum atomic E-state index is 10.4. The Bertz CT molecular complexity index is 858. The van der Waals surface area contributed by atoms with Crippen LogP contribution in [0.3, 0.4) is 0 Å². The van der Waals surface area contributed by atoms with Gasteiger partial charge >= 0.3 is 0 Å². The van der Waals surface area contributed by atoms with Crippen molar-refractivity contribution in [2.24, 2.45) is 0 Å². The van der Waals surface area contributed by atoms with Crippen LogP contribution in [0.4, 0.5) is 0 Å². The van der Waals surface area contributed by atoms with E-state index in [0.717, 1.165) is 39.4 Å². The molecule has 3 rings (SSSR count). The van der Waals surface area contributed by atoms with Gasteiger partial charge in [0.15, 0.2) is 11.5 Å². The van der Waals surface area contributed by atoms with E-state index in [1.54, 1.807) is 7.11 Å². The summed E-state index contributed by atoms with van der Waals surface area (Å²) in [6, 6.07) is 11.9. The number of rotatable bonds is 12. The van der Waals surface area contributed by atoms with Crippen molar-refractivity contribution >= 4 is 15.9 Å². The zero-order valence-corrected chi connectivity index (χ0v) is 20.9. The van der Waals surface area contributed by atoms with Crippen LogP contribution in [-0.2, 0) is 6.54 Å². The lowest BCUT2D eigenvalue weighted by Crippen LogP contribution is -2.32. The molecule has 0 saturated carbocycles. The highest BCUT2D eigenvalue weighted by Crippen LogP contribution is 2.28. The molecule has 1 heterocycles. The minimum absolute atomic E-state index is 0.243. The molecular formula is C25H35BrN2O4. The topological polar surface area (TPSA) is 54.4 Å². The lowest BCUT2D eigenvalue weighted by atomic mass is 10.2. The van der Waals surface area contributed by atoms with Crippen LogP contribution < -0.4 is 14.2 Å². The van der Waals surface area contributed by atoms with Gasteiger partial charge in [0.2, 0.25) is 0 Å². The van der Waals surface area contributed by atoms with Gasteiger partial charge < -0.3 is 19.3 Å².